The Morgan fingerprint density at radius 1 is 1.00 bits per heavy atom. The van der Waals surface area contributed by atoms with Crippen molar-refractivity contribution in [1.82, 2.24) is 4.98 Å². The molecule has 31 heavy (non-hydrogen) atoms. The summed E-state index contributed by atoms with van der Waals surface area (Å²) < 4.78 is 25.3. The van der Waals surface area contributed by atoms with Crippen molar-refractivity contribution in [2.24, 2.45) is 5.92 Å². The van der Waals surface area contributed by atoms with Crippen molar-refractivity contribution in [1.29, 1.82) is 0 Å². The first kappa shape index (κ1) is 22.5. The standard InChI is InChI=1S/C26H28FNO3/c1-3-30-26(29)19(2)11-9-10-16-31-25-18-21(20-12-5-4-6-13-20)17-24(28-25)22-14-7-8-15-23(22)27/h4-8,12-15,17-19H,3,9-11,16H2,1-2H3. The van der Waals surface area contributed by atoms with E-state index in [1.165, 1.54) is 6.07 Å². The number of unbranched alkanes of at least 4 members (excludes halogenated alkanes) is 1. The van der Waals surface area contributed by atoms with Gasteiger partial charge in [-0.25, -0.2) is 9.37 Å². The summed E-state index contributed by atoms with van der Waals surface area (Å²) in [4.78, 5) is 16.2. The van der Waals surface area contributed by atoms with Crippen molar-refractivity contribution >= 4 is 5.97 Å². The third kappa shape index (κ3) is 6.38. The van der Waals surface area contributed by atoms with Gasteiger partial charge in [-0.3, -0.25) is 4.79 Å². The van der Waals surface area contributed by atoms with Crippen molar-refractivity contribution in [3.63, 3.8) is 0 Å². The molecule has 5 heteroatoms. The molecule has 4 nitrogen and oxygen atoms in total. The minimum absolute atomic E-state index is 0.118. The van der Waals surface area contributed by atoms with Gasteiger partial charge in [-0.1, -0.05) is 49.4 Å². The average Bonchev–Trinajstić information content (AvgIpc) is 2.79. The molecule has 1 aromatic heterocycles. The Hall–Kier alpha value is -3.21. The number of hydrogen-bond donors (Lipinski definition) is 0. The molecular weight excluding hydrogens is 393 g/mol. The van der Waals surface area contributed by atoms with E-state index in [2.05, 4.69) is 4.98 Å². The number of esters is 1. The topological polar surface area (TPSA) is 48.4 Å². The van der Waals surface area contributed by atoms with Gasteiger partial charge >= 0.3 is 5.97 Å². The van der Waals surface area contributed by atoms with E-state index >= 15 is 0 Å². The quantitative estimate of drug-likeness (QED) is 0.285. The molecule has 0 N–H and O–H groups in total. The molecule has 1 unspecified atom stereocenters. The predicted molar refractivity (Wildman–Crippen MR) is 120 cm³/mol. The van der Waals surface area contributed by atoms with Crippen LogP contribution in [0.4, 0.5) is 4.39 Å². The van der Waals surface area contributed by atoms with E-state index in [1.54, 1.807) is 18.2 Å². The lowest BCUT2D eigenvalue weighted by atomic mass is 10.0. The lowest BCUT2D eigenvalue weighted by Gasteiger charge is -2.12. The molecule has 0 aliphatic heterocycles. The van der Waals surface area contributed by atoms with Crippen molar-refractivity contribution < 1.29 is 18.7 Å². The SMILES string of the molecule is CCOC(=O)C(C)CCCCOc1cc(-c2ccccc2)cc(-c2ccccc2F)n1. The number of carbonyl (C=O) groups is 1. The van der Waals surface area contributed by atoms with Crippen LogP contribution in [-0.4, -0.2) is 24.2 Å². The van der Waals surface area contributed by atoms with Crippen molar-refractivity contribution in [3.8, 4) is 28.3 Å². The van der Waals surface area contributed by atoms with E-state index in [4.69, 9.17) is 9.47 Å². The average molecular weight is 422 g/mol. The molecule has 0 saturated carbocycles. The second-order valence-electron chi connectivity index (χ2n) is 7.42. The monoisotopic (exact) mass is 421 g/mol. The fourth-order valence-electron chi connectivity index (χ4n) is 3.32. The number of nitrogens with zero attached hydrogens (tertiary/aromatic N) is 1. The molecule has 0 aliphatic rings. The lowest BCUT2D eigenvalue weighted by Crippen LogP contribution is -2.14. The Labute approximate surface area is 183 Å². The molecule has 1 atom stereocenters. The van der Waals surface area contributed by atoms with E-state index in [0.717, 1.165) is 30.4 Å². The smallest absolute Gasteiger partial charge is 0.308 e. The molecule has 162 valence electrons. The van der Waals surface area contributed by atoms with Crippen LogP contribution in [0, 0.1) is 11.7 Å². The van der Waals surface area contributed by atoms with Crippen molar-refractivity contribution in [2.75, 3.05) is 13.2 Å². The fourth-order valence-corrected chi connectivity index (χ4v) is 3.32. The predicted octanol–water partition coefficient (Wildman–Crippen LogP) is 6.30. The minimum Gasteiger partial charge on any atom is -0.478 e. The molecule has 1 heterocycles. The molecule has 0 amide bonds. The molecule has 0 aliphatic carbocycles. The van der Waals surface area contributed by atoms with Crippen LogP contribution in [0.25, 0.3) is 22.4 Å². The summed E-state index contributed by atoms with van der Waals surface area (Å²) in [7, 11) is 0. The summed E-state index contributed by atoms with van der Waals surface area (Å²) >= 11 is 0. The van der Waals surface area contributed by atoms with Crippen LogP contribution in [0.15, 0.2) is 66.7 Å². The summed E-state index contributed by atoms with van der Waals surface area (Å²) in [5.41, 5.74) is 2.90. The molecule has 0 radical (unpaired) electrons. The molecule has 0 spiro atoms. The van der Waals surface area contributed by atoms with E-state index in [9.17, 15) is 9.18 Å². The van der Waals surface area contributed by atoms with Crippen LogP contribution in [-0.2, 0) is 9.53 Å². The molecule has 3 rings (SSSR count). The van der Waals surface area contributed by atoms with Gasteiger partial charge in [0.2, 0.25) is 5.88 Å². The number of carbonyl (C=O) groups excluding carboxylic acids is 1. The zero-order valence-electron chi connectivity index (χ0n) is 18.0. The number of hydrogen-bond acceptors (Lipinski definition) is 4. The van der Waals surface area contributed by atoms with Crippen LogP contribution < -0.4 is 4.74 Å². The lowest BCUT2D eigenvalue weighted by molar-refractivity contribution is -0.147. The van der Waals surface area contributed by atoms with Crippen molar-refractivity contribution in [2.45, 2.75) is 33.1 Å². The number of benzene rings is 2. The van der Waals surface area contributed by atoms with E-state index < -0.39 is 0 Å². The second kappa shape index (κ2) is 11.3. The Bertz CT molecular complexity index is 991. The highest BCUT2D eigenvalue weighted by Gasteiger charge is 2.14. The number of aromatic nitrogens is 1. The zero-order chi connectivity index (χ0) is 22.1. The van der Waals surface area contributed by atoms with E-state index in [0.29, 0.717) is 30.4 Å². The molecule has 3 aromatic rings. The van der Waals surface area contributed by atoms with Crippen LogP contribution in [0.2, 0.25) is 0 Å². The van der Waals surface area contributed by atoms with Crippen LogP contribution in [0.3, 0.4) is 0 Å². The molecule has 2 aromatic carbocycles. The summed E-state index contributed by atoms with van der Waals surface area (Å²) in [6.45, 7) is 4.56. The van der Waals surface area contributed by atoms with Gasteiger partial charge in [0.25, 0.3) is 0 Å². The molecule has 0 saturated heterocycles. The minimum atomic E-state index is -0.320. The number of rotatable bonds is 10. The molecular formula is C26H28FNO3. The van der Waals surface area contributed by atoms with E-state index in [-0.39, 0.29) is 17.7 Å². The van der Waals surface area contributed by atoms with Gasteiger partial charge in [-0.15, -0.1) is 0 Å². The number of halogens is 1. The van der Waals surface area contributed by atoms with Crippen molar-refractivity contribution in [3.05, 3.63) is 72.5 Å². The van der Waals surface area contributed by atoms with Gasteiger partial charge in [0, 0.05) is 11.6 Å². The highest BCUT2D eigenvalue weighted by Crippen LogP contribution is 2.30. The van der Waals surface area contributed by atoms with Crippen LogP contribution >= 0.6 is 0 Å². The fraction of sp³-hybridized carbons (Fsp3) is 0.308. The van der Waals surface area contributed by atoms with Gasteiger partial charge in [0.15, 0.2) is 0 Å². The largest absolute Gasteiger partial charge is 0.478 e. The summed E-state index contributed by atoms with van der Waals surface area (Å²) in [6.07, 6.45) is 2.38. The maximum absolute atomic E-state index is 14.4. The Kier molecular flexibility index (Phi) is 8.16. The van der Waals surface area contributed by atoms with Crippen LogP contribution in [0.1, 0.15) is 33.1 Å². The normalized spacial score (nSPS) is 11.7. The second-order valence-corrected chi connectivity index (χ2v) is 7.42. The maximum atomic E-state index is 14.4. The summed E-state index contributed by atoms with van der Waals surface area (Å²) in [5.74, 6) is -0.139. The Balaban J connectivity index is 1.70. The summed E-state index contributed by atoms with van der Waals surface area (Å²) in [6, 6.07) is 20.2. The zero-order valence-corrected chi connectivity index (χ0v) is 18.0. The number of ether oxygens (including phenoxy) is 2. The first-order valence-electron chi connectivity index (χ1n) is 10.7. The number of pyridine rings is 1. The summed E-state index contributed by atoms with van der Waals surface area (Å²) in [5, 5.41) is 0. The highest BCUT2D eigenvalue weighted by atomic mass is 19.1. The van der Waals surface area contributed by atoms with Gasteiger partial charge in [0.1, 0.15) is 5.82 Å². The Morgan fingerprint density at radius 3 is 2.48 bits per heavy atom. The highest BCUT2D eigenvalue weighted by molar-refractivity contribution is 5.72. The Morgan fingerprint density at radius 2 is 1.74 bits per heavy atom. The first-order chi connectivity index (χ1) is 15.1. The van der Waals surface area contributed by atoms with Gasteiger partial charge in [-0.05, 0) is 55.5 Å². The molecule has 0 fully saturated rings. The van der Waals surface area contributed by atoms with Crippen LogP contribution in [0.5, 0.6) is 5.88 Å². The third-order valence-electron chi connectivity index (χ3n) is 5.03. The van der Waals surface area contributed by atoms with Gasteiger partial charge in [0.05, 0.1) is 24.8 Å². The first-order valence-corrected chi connectivity index (χ1v) is 10.7. The van der Waals surface area contributed by atoms with E-state index in [1.807, 2.05) is 56.3 Å². The third-order valence-corrected chi connectivity index (χ3v) is 5.03. The van der Waals surface area contributed by atoms with Gasteiger partial charge < -0.3 is 9.47 Å². The molecule has 0 bridgehead atoms. The van der Waals surface area contributed by atoms with Gasteiger partial charge in [-0.2, -0.15) is 0 Å². The maximum Gasteiger partial charge on any atom is 0.308 e.